The van der Waals surface area contributed by atoms with Crippen LogP contribution in [0, 0.1) is 11.5 Å². The summed E-state index contributed by atoms with van der Waals surface area (Å²) in [5.74, 6) is 0.832. The van der Waals surface area contributed by atoms with E-state index < -0.39 is 11.7 Å². The normalized spacial score (nSPS) is 12.3. The molecule has 2 aromatic carbocycles. The Kier molecular flexibility index (Phi) is 5.35. The molecule has 0 amide bonds. The highest BCUT2D eigenvalue weighted by molar-refractivity contribution is 5.36. The van der Waals surface area contributed by atoms with Gasteiger partial charge in [0, 0.05) is 7.05 Å². The van der Waals surface area contributed by atoms with E-state index in [1.165, 1.54) is 12.1 Å². The molecule has 0 fully saturated rings. The van der Waals surface area contributed by atoms with Crippen LogP contribution in [0.15, 0.2) is 48.5 Å². The first kappa shape index (κ1) is 17.7. The highest BCUT2D eigenvalue weighted by Gasteiger charge is 2.30. The predicted octanol–water partition coefficient (Wildman–Crippen LogP) is 5.36. The molecule has 6 heteroatoms. The molecule has 0 radical (unpaired) electrons. The van der Waals surface area contributed by atoms with E-state index in [0.717, 1.165) is 24.1 Å². The zero-order valence-corrected chi connectivity index (χ0v) is 13.3. The minimum absolute atomic E-state index is 0.0776. The molecule has 126 valence electrons. The molecule has 0 aliphatic heterocycles. The van der Waals surface area contributed by atoms with Crippen LogP contribution in [0.4, 0.5) is 13.2 Å². The first-order valence-electron chi connectivity index (χ1n) is 7.42. The van der Waals surface area contributed by atoms with E-state index in [4.69, 9.17) is 10.00 Å². The number of benzene rings is 2. The number of nitriles is 1. The van der Waals surface area contributed by atoms with Gasteiger partial charge < -0.3 is 9.64 Å². The summed E-state index contributed by atoms with van der Waals surface area (Å²) in [5, 5.41) is 9.05. The molecule has 24 heavy (non-hydrogen) atoms. The van der Waals surface area contributed by atoms with Gasteiger partial charge in [-0.15, -0.1) is 0 Å². The molecule has 0 aliphatic carbocycles. The van der Waals surface area contributed by atoms with E-state index in [9.17, 15) is 13.2 Å². The molecule has 0 saturated heterocycles. The van der Waals surface area contributed by atoms with E-state index >= 15 is 0 Å². The molecule has 2 aromatic rings. The summed E-state index contributed by atoms with van der Waals surface area (Å²) in [5.41, 5.74) is 0.191. The van der Waals surface area contributed by atoms with Gasteiger partial charge in [-0.25, -0.2) is 0 Å². The third-order valence-electron chi connectivity index (χ3n) is 3.67. The highest BCUT2D eigenvalue weighted by Crippen LogP contribution is 2.32. The van der Waals surface area contributed by atoms with Crippen molar-refractivity contribution >= 4 is 0 Å². The maximum absolute atomic E-state index is 12.6. The molecule has 0 aromatic heterocycles. The molecule has 1 atom stereocenters. The number of ether oxygens (including phenoxy) is 1. The van der Waals surface area contributed by atoms with Crippen molar-refractivity contribution in [3.05, 3.63) is 59.7 Å². The summed E-state index contributed by atoms with van der Waals surface area (Å²) in [6.07, 6.45) is -1.53. The van der Waals surface area contributed by atoms with Gasteiger partial charge in [0.15, 0.2) is 6.19 Å². The van der Waals surface area contributed by atoms with Gasteiger partial charge >= 0.3 is 6.18 Å². The number of halogens is 3. The molecule has 0 N–H and O–H groups in total. The van der Waals surface area contributed by atoms with Crippen molar-refractivity contribution in [2.24, 2.45) is 0 Å². The Hall–Kier alpha value is -2.68. The quantitative estimate of drug-likeness (QED) is 0.545. The standard InChI is InChI=1S/C18H17F3N2O/c1-3-17(23(2)12-22)13-5-4-6-16(11-13)24-15-9-7-14(8-10-15)18(19,20)21/h4-11,17H,3H2,1-2H3. The lowest BCUT2D eigenvalue weighted by atomic mass is 10.0. The van der Waals surface area contributed by atoms with Gasteiger partial charge in [0.05, 0.1) is 11.6 Å². The van der Waals surface area contributed by atoms with Gasteiger partial charge in [-0.05, 0) is 48.4 Å². The van der Waals surface area contributed by atoms with E-state index in [1.54, 1.807) is 30.1 Å². The van der Waals surface area contributed by atoms with E-state index in [-0.39, 0.29) is 6.04 Å². The fourth-order valence-electron chi connectivity index (χ4n) is 2.44. The van der Waals surface area contributed by atoms with Crippen molar-refractivity contribution in [2.75, 3.05) is 7.05 Å². The van der Waals surface area contributed by atoms with Crippen molar-refractivity contribution in [1.82, 2.24) is 4.90 Å². The maximum atomic E-state index is 12.6. The van der Waals surface area contributed by atoms with Crippen molar-refractivity contribution in [1.29, 1.82) is 5.26 Å². The van der Waals surface area contributed by atoms with Crippen LogP contribution in [0.5, 0.6) is 11.5 Å². The zero-order chi connectivity index (χ0) is 17.7. The van der Waals surface area contributed by atoms with Gasteiger partial charge in [-0.1, -0.05) is 19.1 Å². The fraction of sp³-hybridized carbons (Fsp3) is 0.278. The summed E-state index contributed by atoms with van der Waals surface area (Å²) in [7, 11) is 1.71. The zero-order valence-electron chi connectivity index (χ0n) is 13.3. The van der Waals surface area contributed by atoms with Gasteiger partial charge in [-0.2, -0.15) is 18.4 Å². The van der Waals surface area contributed by atoms with Crippen LogP contribution in [0.25, 0.3) is 0 Å². The molecule has 0 bridgehead atoms. The van der Waals surface area contributed by atoms with Crippen molar-refractivity contribution in [3.8, 4) is 17.7 Å². The minimum Gasteiger partial charge on any atom is -0.457 e. The Balaban J connectivity index is 2.19. The first-order valence-corrected chi connectivity index (χ1v) is 7.42. The number of nitrogens with zero attached hydrogens (tertiary/aromatic N) is 2. The predicted molar refractivity (Wildman–Crippen MR) is 84.4 cm³/mol. The van der Waals surface area contributed by atoms with Crippen molar-refractivity contribution in [3.63, 3.8) is 0 Å². The third-order valence-corrected chi connectivity index (χ3v) is 3.67. The van der Waals surface area contributed by atoms with E-state index in [1.807, 2.05) is 13.0 Å². The fourth-order valence-corrected chi connectivity index (χ4v) is 2.44. The lowest BCUT2D eigenvalue weighted by Gasteiger charge is -2.22. The number of rotatable bonds is 5. The molecule has 0 aliphatic rings. The molecule has 0 heterocycles. The second-order valence-electron chi connectivity index (χ2n) is 5.33. The van der Waals surface area contributed by atoms with Crippen molar-refractivity contribution in [2.45, 2.75) is 25.6 Å². The van der Waals surface area contributed by atoms with Crippen LogP contribution in [-0.4, -0.2) is 11.9 Å². The Morgan fingerprint density at radius 3 is 2.33 bits per heavy atom. The second-order valence-corrected chi connectivity index (χ2v) is 5.33. The Morgan fingerprint density at radius 2 is 1.79 bits per heavy atom. The smallest absolute Gasteiger partial charge is 0.416 e. The minimum atomic E-state index is -4.37. The first-order chi connectivity index (χ1) is 11.3. The second kappa shape index (κ2) is 7.26. The number of alkyl halides is 3. The van der Waals surface area contributed by atoms with E-state index in [0.29, 0.717) is 11.5 Å². The molecule has 1 unspecified atom stereocenters. The monoisotopic (exact) mass is 334 g/mol. The molecule has 0 saturated carbocycles. The average Bonchev–Trinajstić information content (AvgIpc) is 2.55. The topological polar surface area (TPSA) is 36.3 Å². The lowest BCUT2D eigenvalue weighted by Crippen LogP contribution is -2.18. The molecule has 3 nitrogen and oxygen atoms in total. The van der Waals surface area contributed by atoms with Crippen LogP contribution in [-0.2, 0) is 6.18 Å². The Morgan fingerprint density at radius 1 is 1.12 bits per heavy atom. The highest BCUT2D eigenvalue weighted by atomic mass is 19.4. The summed E-state index contributed by atoms with van der Waals surface area (Å²) in [4.78, 5) is 1.55. The average molecular weight is 334 g/mol. The van der Waals surface area contributed by atoms with Crippen LogP contribution in [0.1, 0.15) is 30.5 Å². The largest absolute Gasteiger partial charge is 0.457 e. The van der Waals surface area contributed by atoms with Crippen molar-refractivity contribution < 1.29 is 17.9 Å². The van der Waals surface area contributed by atoms with Crippen LogP contribution >= 0.6 is 0 Å². The van der Waals surface area contributed by atoms with Gasteiger partial charge in [0.25, 0.3) is 0 Å². The number of hydrogen-bond donors (Lipinski definition) is 0. The van der Waals surface area contributed by atoms with Gasteiger partial charge in [-0.3, -0.25) is 0 Å². The SMILES string of the molecule is CCC(c1cccc(Oc2ccc(C(F)(F)F)cc2)c1)N(C)C#N. The summed E-state index contributed by atoms with van der Waals surface area (Å²) in [6, 6.07) is 11.7. The molecule has 0 spiro atoms. The summed E-state index contributed by atoms with van der Waals surface area (Å²) < 4.78 is 43.3. The van der Waals surface area contributed by atoms with E-state index in [2.05, 4.69) is 6.19 Å². The molecular formula is C18H17F3N2O. The number of hydrogen-bond acceptors (Lipinski definition) is 3. The maximum Gasteiger partial charge on any atom is 0.416 e. The third kappa shape index (κ3) is 4.19. The Bertz CT molecular complexity index is 720. The van der Waals surface area contributed by atoms with Crippen LogP contribution in [0.3, 0.4) is 0 Å². The summed E-state index contributed by atoms with van der Waals surface area (Å²) in [6.45, 7) is 1.97. The summed E-state index contributed by atoms with van der Waals surface area (Å²) >= 11 is 0. The molecular weight excluding hydrogens is 317 g/mol. The lowest BCUT2D eigenvalue weighted by molar-refractivity contribution is -0.137. The van der Waals surface area contributed by atoms with Gasteiger partial charge in [0.2, 0.25) is 0 Å². The van der Waals surface area contributed by atoms with Crippen LogP contribution < -0.4 is 4.74 Å². The molecule has 2 rings (SSSR count). The Labute approximate surface area is 138 Å². The van der Waals surface area contributed by atoms with Crippen LogP contribution in [0.2, 0.25) is 0 Å². The van der Waals surface area contributed by atoms with Gasteiger partial charge in [0.1, 0.15) is 11.5 Å².